The summed E-state index contributed by atoms with van der Waals surface area (Å²) >= 11 is 12.3. The number of benzene rings is 2. The van der Waals surface area contributed by atoms with E-state index in [2.05, 4.69) is 40.1 Å². The van der Waals surface area contributed by atoms with Crippen LogP contribution in [0.2, 0.25) is 10.0 Å². The van der Waals surface area contributed by atoms with E-state index in [4.69, 9.17) is 23.2 Å². The van der Waals surface area contributed by atoms with E-state index in [1.807, 2.05) is 12.1 Å². The molecule has 0 unspecified atom stereocenters. The third kappa shape index (κ3) is 5.81. The zero-order valence-electron chi connectivity index (χ0n) is 18.8. The topological polar surface area (TPSA) is 50.6 Å². The monoisotopic (exact) mass is 484 g/mol. The van der Waals surface area contributed by atoms with Crippen molar-refractivity contribution in [1.82, 2.24) is 9.80 Å². The van der Waals surface area contributed by atoms with Crippen molar-refractivity contribution in [2.45, 2.75) is 37.6 Å². The van der Waals surface area contributed by atoms with Crippen LogP contribution in [0.5, 0.6) is 0 Å². The molecule has 4 rings (SSSR count). The molecule has 2 aromatic rings. The Hall–Kier alpha value is -2.26. The number of amides is 1. The summed E-state index contributed by atoms with van der Waals surface area (Å²) in [7, 11) is 0. The summed E-state index contributed by atoms with van der Waals surface area (Å²) in [6.45, 7) is 4.10. The Morgan fingerprint density at radius 3 is 2.48 bits per heavy atom. The highest BCUT2D eigenvalue weighted by Gasteiger charge is 2.37. The summed E-state index contributed by atoms with van der Waals surface area (Å²) in [5.41, 5.74) is 2.03. The van der Waals surface area contributed by atoms with Gasteiger partial charge >= 0.3 is 0 Å². The number of likely N-dealkylation sites (tertiary alicyclic amines) is 2. The lowest BCUT2D eigenvalue weighted by Gasteiger charge is -2.44. The highest BCUT2D eigenvalue weighted by atomic mass is 35.5. The number of halogens is 2. The summed E-state index contributed by atoms with van der Waals surface area (Å²) < 4.78 is 0. The molecule has 0 N–H and O–H groups in total. The van der Waals surface area contributed by atoms with Crippen molar-refractivity contribution < 1.29 is 4.79 Å². The van der Waals surface area contributed by atoms with Crippen LogP contribution in [-0.2, 0) is 4.79 Å². The third-order valence-corrected chi connectivity index (χ3v) is 7.57. The van der Waals surface area contributed by atoms with Crippen LogP contribution in [0.15, 0.2) is 48.5 Å². The molecular formula is C26H30Cl2N4O. The molecule has 33 heavy (non-hydrogen) atoms. The van der Waals surface area contributed by atoms with Crippen LogP contribution in [0.3, 0.4) is 0 Å². The lowest BCUT2D eigenvalue weighted by Crippen LogP contribution is -2.54. The smallest absolute Gasteiger partial charge is 0.242 e. The van der Waals surface area contributed by atoms with Crippen molar-refractivity contribution in [3.05, 3.63) is 64.1 Å². The number of carbonyl (C=O) groups is 1. The molecule has 2 saturated heterocycles. The lowest BCUT2D eigenvalue weighted by molar-refractivity contribution is -0.134. The molecule has 1 amide bonds. The maximum absolute atomic E-state index is 13.7. The predicted octanol–water partition coefficient (Wildman–Crippen LogP) is 5.19. The number of anilines is 1. The van der Waals surface area contributed by atoms with Crippen LogP contribution >= 0.6 is 23.2 Å². The van der Waals surface area contributed by atoms with Gasteiger partial charge in [-0.1, -0.05) is 53.5 Å². The van der Waals surface area contributed by atoms with E-state index in [1.54, 1.807) is 17.0 Å². The van der Waals surface area contributed by atoms with Gasteiger partial charge in [0.15, 0.2) is 0 Å². The summed E-state index contributed by atoms with van der Waals surface area (Å²) in [4.78, 5) is 20.0. The van der Waals surface area contributed by atoms with E-state index in [0.717, 1.165) is 44.7 Å². The first kappa shape index (κ1) is 23.9. The maximum Gasteiger partial charge on any atom is 0.242 e. The Morgan fingerprint density at radius 1 is 1.03 bits per heavy atom. The van der Waals surface area contributed by atoms with Crippen molar-refractivity contribution in [3.63, 3.8) is 0 Å². The average molecular weight is 485 g/mol. The first-order chi connectivity index (χ1) is 16.1. The highest BCUT2D eigenvalue weighted by Crippen LogP contribution is 2.34. The number of rotatable bonds is 7. The van der Waals surface area contributed by atoms with Gasteiger partial charge in [0.1, 0.15) is 6.54 Å². The van der Waals surface area contributed by atoms with Crippen molar-refractivity contribution in [2.24, 2.45) is 0 Å². The van der Waals surface area contributed by atoms with Crippen LogP contribution in [0.1, 0.15) is 37.2 Å². The molecule has 2 atom stereocenters. The molecule has 2 aliphatic heterocycles. The van der Waals surface area contributed by atoms with Crippen molar-refractivity contribution in [1.29, 1.82) is 5.26 Å². The number of nitriles is 1. The minimum Gasteiger partial charge on any atom is -0.349 e. The molecule has 2 fully saturated rings. The summed E-state index contributed by atoms with van der Waals surface area (Å²) in [6.07, 6.45) is 4.52. The molecule has 0 bridgehead atoms. The first-order valence-electron chi connectivity index (χ1n) is 11.7. The van der Waals surface area contributed by atoms with Crippen molar-refractivity contribution in [2.75, 3.05) is 44.2 Å². The zero-order valence-corrected chi connectivity index (χ0v) is 20.3. The van der Waals surface area contributed by atoms with Crippen molar-refractivity contribution >= 4 is 34.8 Å². The zero-order chi connectivity index (χ0) is 23.2. The average Bonchev–Trinajstić information content (AvgIpc) is 3.34. The molecule has 2 aromatic carbocycles. The van der Waals surface area contributed by atoms with Crippen LogP contribution in [0.4, 0.5) is 5.69 Å². The Labute approximate surface area is 206 Å². The van der Waals surface area contributed by atoms with Gasteiger partial charge in [0.2, 0.25) is 5.91 Å². The molecule has 7 heteroatoms. The van der Waals surface area contributed by atoms with Crippen LogP contribution < -0.4 is 4.90 Å². The second-order valence-corrected chi connectivity index (χ2v) is 9.75. The van der Waals surface area contributed by atoms with Gasteiger partial charge in [-0.05, 0) is 62.5 Å². The molecular weight excluding hydrogens is 455 g/mol. The Kier molecular flexibility index (Phi) is 8.14. The summed E-state index contributed by atoms with van der Waals surface area (Å²) in [5.74, 6) is 0.375. The third-order valence-electron chi connectivity index (χ3n) is 6.83. The van der Waals surface area contributed by atoms with E-state index in [-0.39, 0.29) is 25.0 Å². The first-order valence-corrected chi connectivity index (χ1v) is 12.5. The molecule has 2 heterocycles. The molecule has 5 nitrogen and oxygen atoms in total. The molecule has 0 aromatic heterocycles. The minimum absolute atomic E-state index is 0.0566. The fourth-order valence-electron chi connectivity index (χ4n) is 5.17. The minimum atomic E-state index is 0.0566. The van der Waals surface area contributed by atoms with E-state index < -0.39 is 0 Å². The molecule has 2 aliphatic rings. The van der Waals surface area contributed by atoms with Gasteiger partial charge in [-0.25, -0.2) is 0 Å². The fourth-order valence-corrected chi connectivity index (χ4v) is 5.46. The number of hydrogen-bond acceptors (Lipinski definition) is 4. The normalized spacial score (nSPS) is 21.1. The largest absolute Gasteiger partial charge is 0.349 e. The Balaban J connectivity index is 1.57. The van der Waals surface area contributed by atoms with Crippen molar-refractivity contribution in [3.8, 4) is 6.07 Å². The van der Waals surface area contributed by atoms with E-state index in [1.165, 1.54) is 18.4 Å². The van der Waals surface area contributed by atoms with E-state index in [9.17, 15) is 10.1 Å². The number of carbonyl (C=O) groups excluding carboxylic acids is 1. The number of nitrogens with zero attached hydrogens (tertiary/aromatic N) is 4. The fraction of sp³-hybridized carbons (Fsp3) is 0.462. The van der Waals surface area contributed by atoms with Crippen LogP contribution in [-0.4, -0.2) is 61.0 Å². The molecule has 0 radical (unpaired) electrons. The number of hydrogen-bond donors (Lipinski definition) is 0. The molecule has 0 aliphatic carbocycles. The van der Waals surface area contributed by atoms with Gasteiger partial charge in [0.05, 0.1) is 28.7 Å². The maximum atomic E-state index is 13.7. The quantitative estimate of drug-likeness (QED) is 0.507. The van der Waals surface area contributed by atoms with Gasteiger partial charge in [0.25, 0.3) is 0 Å². The van der Waals surface area contributed by atoms with Gasteiger partial charge in [0, 0.05) is 24.7 Å². The van der Waals surface area contributed by atoms with Crippen LogP contribution in [0.25, 0.3) is 0 Å². The van der Waals surface area contributed by atoms with E-state index >= 15 is 0 Å². The standard InChI is InChI=1S/C26H30Cl2N4O/c27-23-11-10-21(17-24(23)28)31(16-12-29)19-26(33)32-15-6-9-22(20-7-2-1-3-8-20)25(32)18-30-13-4-5-14-30/h1-3,7-8,10-11,17,22,25H,4-6,9,13-16,18-19H2/t22-,25+/m0/s1. The lowest BCUT2D eigenvalue weighted by atomic mass is 9.83. The van der Waals surface area contributed by atoms with Gasteiger partial charge in [-0.3, -0.25) is 4.79 Å². The molecule has 174 valence electrons. The van der Waals surface area contributed by atoms with Gasteiger partial charge in [-0.2, -0.15) is 5.26 Å². The van der Waals surface area contributed by atoms with E-state index in [0.29, 0.717) is 16.0 Å². The van der Waals surface area contributed by atoms with Gasteiger partial charge < -0.3 is 14.7 Å². The highest BCUT2D eigenvalue weighted by molar-refractivity contribution is 6.42. The number of piperidine rings is 1. The molecule has 0 spiro atoms. The second-order valence-electron chi connectivity index (χ2n) is 8.93. The molecule has 0 saturated carbocycles. The summed E-state index contributed by atoms with van der Waals surface area (Å²) in [5, 5.41) is 10.3. The Bertz CT molecular complexity index is 988. The Morgan fingerprint density at radius 2 is 1.79 bits per heavy atom. The second kappa shape index (κ2) is 11.2. The predicted molar refractivity (Wildman–Crippen MR) is 134 cm³/mol. The summed E-state index contributed by atoms with van der Waals surface area (Å²) in [6, 6.07) is 18.1. The van der Waals surface area contributed by atoms with Gasteiger partial charge in [-0.15, -0.1) is 0 Å². The SMILES string of the molecule is N#CCN(CC(=O)N1CCC[C@@H](c2ccccc2)[C@H]1CN1CCCC1)c1ccc(Cl)c(Cl)c1. The van der Waals surface area contributed by atoms with Crippen LogP contribution in [0, 0.1) is 11.3 Å².